The minimum absolute atomic E-state index is 0.772. The van der Waals surface area contributed by atoms with Crippen molar-refractivity contribution in [2.24, 2.45) is 0 Å². The maximum atomic E-state index is 5.82. The normalized spacial score (nSPS) is 10.7. The Morgan fingerprint density at radius 3 is 2.70 bits per heavy atom. The summed E-state index contributed by atoms with van der Waals surface area (Å²) in [5, 5.41) is 4.42. The van der Waals surface area contributed by atoms with Gasteiger partial charge in [0, 0.05) is 17.4 Å². The first-order valence-corrected chi connectivity index (χ1v) is 6.64. The van der Waals surface area contributed by atoms with Crippen LogP contribution >= 0.6 is 0 Å². The number of nitrogens with two attached hydrogens (primary N) is 1. The molecule has 1 heterocycles. The van der Waals surface area contributed by atoms with Gasteiger partial charge in [0.25, 0.3) is 0 Å². The first kappa shape index (κ1) is 12.5. The van der Waals surface area contributed by atoms with Crippen LogP contribution in [0.4, 0.5) is 5.69 Å². The molecule has 3 rings (SSSR count). The lowest BCUT2D eigenvalue weighted by molar-refractivity contribution is 0.686. The minimum atomic E-state index is 0.772. The molecule has 0 aliphatic rings. The molecule has 2 aromatic carbocycles. The van der Waals surface area contributed by atoms with Gasteiger partial charge in [-0.3, -0.25) is 4.68 Å². The summed E-state index contributed by atoms with van der Waals surface area (Å²) in [6.07, 6.45) is 3.93. The summed E-state index contributed by atoms with van der Waals surface area (Å²) >= 11 is 0. The second-order valence-corrected chi connectivity index (χ2v) is 5.04. The van der Waals surface area contributed by atoms with Crippen LogP contribution in [0.25, 0.3) is 11.1 Å². The lowest BCUT2D eigenvalue weighted by Gasteiger charge is -2.03. The summed E-state index contributed by atoms with van der Waals surface area (Å²) in [6, 6.07) is 16.3. The predicted molar refractivity (Wildman–Crippen MR) is 82.4 cm³/mol. The third-order valence-corrected chi connectivity index (χ3v) is 3.28. The topological polar surface area (TPSA) is 43.8 Å². The highest BCUT2D eigenvalue weighted by molar-refractivity contribution is 5.65. The maximum Gasteiger partial charge on any atom is 0.0659 e. The quantitative estimate of drug-likeness (QED) is 0.735. The zero-order valence-electron chi connectivity index (χ0n) is 11.5. The van der Waals surface area contributed by atoms with Crippen LogP contribution in [0.1, 0.15) is 11.1 Å². The van der Waals surface area contributed by atoms with Crippen molar-refractivity contribution in [3.05, 3.63) is 72.1 Å². The smallest absolute Gasteiger partial charge is 0.0659 e. The van der Waals surface area contributed by atoms with Gasteiger partial charge in [-0.25, -0.2) is 0 Å². The molecule has 0 saturated carbocycles. The largest absolute Gasteiger partial charge is 0.399 e. The van der Waals surface area contributed by atoms with Gasteiger partial charge < -0.3 is 5.73 Å². The molecule has 1 aromatic heterocycles. The average molecular weight is 263 g/mol. The molecule has 100 valence electrons. The van der Waals surface area contributed by atoms with Gasteiger partial charge in [0.15, 0.2) is 0 Å². The Morgan fingerprint density at radius 1 is 1.05 bits per heavy atom. The summed E-state index contributed by atoms with van der Waals surface area (Å²) in [7, 11) is 0. The Morgan fingerprint density at radius 2 is 1.90 bits per heavy atom. The van der Waals surface area contributed by atoms with Crippen LogP contribution in [-0.4, -0.2) is 9.78 Å². The van der Waals surface area contributed by atoms with E-state index in [2.05, 4.69) is 42.5 Å². The van der Waals surface area contributed by atoms with Crippen molar-refractivity contribution in [3.63, 3.8) is 0 Å². The number of benzene rings is 2. The molecule has 0 amide bonds. The summed E-state index contributed by atoms with van der Waals surface area (Å²) in [6.45, 7) is 2.88. The molecule has 3 nitrogen and oxygen atoms in total. The Kier molecular flexibility index (Phi) is 3.25. The number of aromatic nitrogens is 2. The van der Waals surface area contributed by atoms with Gasteiger partial charge >= 0.3 is 0 Å². The van der Waals surface area contributed by atoms with E-state index in [1.54, 1.807) is 0 Å². The first-order chi connectivity index (χ1) is 9.70. The molecule has 3 heteroatoms. The molecule has 0 radical (unpaired) electrons. The number of hydrogen-bond donors (Lipinski definition) is 1. The van der Waals surface area contributed by atoms with E-state index in [-0.39, 0.29) is 0 Å². The van der Waals surface area contributed by atoms with E-state index < -0.39 is 0 Å². The van der Waals surface area contributed by atoms with Crippen LogP contribution in [0.15, 0.2) is 60.9 Å². The summed E-state index contributed by atoms with van der Waals surface area (Å²) < 4.78 is 1.95. The van der Waals surface area contributed by atoms with Gasteiger partial charge in [0.1, 0.15) is 0 Å². The zero-order chi connectivity index (χ0) is 13.9. The van der Waals surface area contributed by atoms with Crippen LogP contribution in [0.5, 0.6) is 0 Å². The highest BCUT2D eigenvalue weighted by Gasteiger charge is 2.03. The molecular weight excluding hydrogens is 246 g/mol. The molecule has 0 atom stereocenters. The Hall–Kier alpha value is -2.55. The van der Waals surface area contributed by atoms with Gasteiger partial charge in [0.2, 0.25) is 0 Å². The van der Waals surface area contributed by atoms with Crippen LogP contribution in [0.3, 0.4) is 0 Å². The number of nitrogen functional groups attached to an aromatic ring is 1. The van der Waals surface area contributed by atoms with Gasteiger partial charge in [-0.15, -0.1) is 0 Å². The molecule has 0 fully saturated rings. The Bertz CT molecular complexity index is 728. The number of hydrogen-bond acceptors (Lipinski definition) is 2. The maximum absolute atomic E-state index is 5.82. The van der Waals surface area contributed by atoms with Crippen molar-refractivity contribution >= 4 is 5.69 Å². The van der Waals surface area contributed by atoms with E-state index in [0.29, 0.717) is 0 Å². The lowest BCUT2D eigenvalue weighted by atomic mass is 10.1. The predicted octanol–water partition coefficient (Wildman–Crippen LogP) is 3.49. The van der Waals surface area contributed by atoms with Crippen molar-refractivity contribution in [3.8, 4) is 11.1 Å². The number of anilines is 1. The Balaban J connectivity index is 1.84. The summed E-state index contributed by atoms with van der Waals surface area (Å²) in [5.74, 6) is 0. The zero-order valence-corrected chi connectivity index (χ0v) is 11.5. The van der Waals surface area contributed by atoms with Gasteiger partial charge in [-0.05, 0) is 30.2 Å². The van der Waals surface area contributed by atoms with E-state index >= 15 is 0 Å². The highest BCUT2D eigenvalue weighted by Crippen LogP contribution is 2.21. The molecule has 0 unspecified atom stereocenters. The van der Waals surface area contributed by atoms with E-state index in [4.69, 9.17) is 5.73 Å². The second kappa shape index (κ2) is 5.21. The van der Waals surface area contributed by atoms with Crippen molar-refractivity contribution in [2.45, 2.75) is 13.5 Å². The molecule has 0 saturated heterocycles. The van der Waals surface area contributed by atoms with Crippen LogP contribution in [0, 0.1) is 6.92 Å². The van der Waals surface area contributed by atoms with Crippen molar-refractivity contribution in [1.29, 1.82) is 0 Å². The highest BCUT2D eigenvalue weighted by atomic mass is 15.3. The van der Waals surface area contributed by atoms with E-state index in [0.717, 1.165) is 23.4 Å². The lowest BCUT2D eigenvalue weighted by Crippen LogP contribution is -1.99. The third kappa shape index (κ3) is 2.72. The van der Waals surface area contributed by atoms with Crippen LogP contribution < -0.4 is 5.73 Å². The van der Waals surface area contributed by atoms with Crippen molar-refractivity contribution in [2.75, 3.05) is 5.73 Å². The molecule has 2 N–H and O–H groups in total. The standard InChI is InChI=1S/C17H17N3/c1-13-4-2-5-14(8-13)11-20-12-16(10-19-20)15-6-3-7-17(18)9-15/h2-10,12H,11,18H2,1H3. The molecule has 20 heavy (non-hydrogen) atoms. The summed E-state index contributed by atoms with van der Waals surface area (Å²) in [5.41, 5.74) is 11.3. The van der Waals surface area contributed by atoms with Gasteiger partial charge in [-0.1, -0.05) is 42.0 Å². The molecule has 0 aliphatic carbocycles. The molecule has 3 aromatic rings. The monoisotopic (exact) mass is 263 g/mol. The van der Waals surface area contributed by atoms with Crippen LogP contribution in [-0.2, 0) is 6.54 Å². The SMILES string of the molecule is Cc1cccc(Cn2cc(-c3cccc(N)c3)cn2)c1. The fourth-order valence-electron chi connectivity index (χ4n) is 2.31. The van der Waals surface area contributed by atoms with Crippen molar-refractivity contribution < 1.29 is 0 Å². The third-order valence-electron chi connectivity index (χ3n) is 3.28. The number of nitrogens with zero attached hydrogens (tertiary/aromatic N) is 2. The number of aryl methyl sites for hydroxylation is 1. The van der Waals surface area contributed by atoms with Gasteiger partial charge in [0.05, 0.1) is 12.7 Å². The van der Waals surface area contributed by atoms with E-state index in [1.807, 2.05) is 35.1 Å². The fraction of sp³-hybridized carbons (Fsp3) is 0.118. The first-order valence-electron chi connectivity index (χ1n) is 6.64. The average Bonchev–Trinajstić information content (AvgIpc) is 2.87. The minimum Gasteiger partial charge on any atom is -0.399 e. The van der Waals surface area contributed by atoms with Crippen molar-refractivity contribution in [1.82, 2.24) is 9.78 Å². The van der Waals surface area contributed by atoms with Crippen LogP contribution in [0.2, 0.25) is 0 Å². The molecular formula is C17H17N3. The molecule has 0 spiro atoms. The van der Waals surface area contributed by atoms with E-state index in [9.17, 15) is 0 Å². The molecule has 0 bridgehead atoms. The fourth-order valence-corrected chi connectivity index (χ4v) is 2.31. The summed E-state index contributed by atoms with van der Waals surface area (Å²) in [4.78, 5) is 0. The Labute approximate surface area is 118 Å². The van der Waals surface area contributed by atoms with Gasteiger partial charge in [-0.2, -0.15) is 5.10 Å². The number of rotatable bonds is 3. The second-order valence-electron chi connectivity index (χ2n) is 5.04. The van der Waals surface area contributed by atoms with E-state index in [1.165, 1.54) is 11.1 Å². The molecule has 0 aliphatic heterocycles.